The fourth-order valence-corrected chi connectivity index (χ4v) is 3.86. The van der Waals surface area contributed by atoms with E-state index in [1.165, 1.54) is 30.3 Å². The second-order valence-electron chi connectivity index (χ2n) is 8.32. The van der Waals surface area contributed by atoms with E-state index in [4.69, 9.17) is 5.10 Å². The molecule has 0 saturated carbocycles. The lowest BCUT2D eigenvalue weighted by molar-refractivity contribution is 0.102. The minimum atomic E-state index is -0.416. The van der Waals surface area contributed by atoms with Crippen LogP contribution in [0.2, 0.25) is 0 Å². The average molecular weight is 488 g/mol. The van der Waals surface area contributed by atoms with Crippen molar-refractivity contribution in [2.45, 2.75) is 0 Å². The molecule has 1 N–H and O–H groups in total. The SMILES string of the molecule is O=C(/C=C/c1cn(-c2ccccc2)nc1-c1ccccc1)c1cccc(NC(=O)c2ccc(F)cc2)c1. The minimum Gasteiger partial charge on any atom is -0.322 e. The Hall–Kier alpha value is -5.10. The van der Waals surface area contributed by atoms with Gasteiger partial charge in [0.05, 0.1) is 11.4 Å². The summed E-state index contributed by atoms with van der Waals surface area (Å²) in [5.74, 6) is -1.02. The van der Waals surface area contributed by atoms with E-state index in [-0.39, 0.29) is 11.7 Å². The van der Waals surface area contributed by atoms with E-state index < -0.39 is 5.82 Å². The van der Waals surface area contributed by atoms with Crippen LogP contribution in [0.15, 0.2) is 121 Å². The molecule has 0 bridgehead atoms. The minimum absolute atomic E-state index is 0.218. The van der Waals surface area contributed by atoms with Crippen LogP contribution in [0.25, 0.3) is 23.0 Å². The standard InChI is InChI=1S/C31H22FN3O2/c32-26-17-14-23(15-18-26)31(37)33-27-11-7-10-24(20-27)29(36)19-16-25-21-35(28-12-5-2-6-13-28)34-30(25)22-8-3-1-4-9-22/h1-21H,(H,33,37)/b19-16+. The third-order valence-electron chi connectivity index (χ3n) is 5.74. The number of allylic oxidation sites excluding steroid dienone is 1. The first-order valence-electron chi connectivity index (χ1n) is 11.7. The Morgan fingerprint density at radius 1 is 0.784 bits per heavy atom. The number of ketones is 1. The highest BCUT2D eigenvalue weighted by Crippen LogP contribution is 2.25. The van der Waals surface area contributed by atoms with Crippen molar-refractivity contribution in [1.29, 1.82) is 0 Å². The number of anilines is 1. The first-order valence-corrected chi connectivity index (χ1v) is 11.7. The monoisotopic (exact) mass is 487 g/mol. The summed E-state index contributed by atoms with van der Waals surface area (Å²) in [6.45, 7) is 0. The third-order valence-corrected chi connectivity index (χ3v) is 5.74. The molecule has 0 aliphatic heterocycles. The van der Waals surface area contributed by atoms with E-state index in [1.54, 1.807) is 35.0 Å². The van der Waals surface area contributed by atoms with Crippen molar-refractivity contribution in [3.05, 3.63) is 144 Å². The van der Waals surface area contributed by atoms with Gasteiger partial charge >= 0.3 is 0 Å². The van der Waals surface area contributed by atoms with Gasteiger partial charge in [0, 0.05) is 34.1 Å². The first-order chi connectivity index (χ1) is 18.1. The van der Waals surface area contributed by atoms with E-state index in [1.807, 2.05) is 66.9 Å². The molecule has 0 aliphatic carbocycles. The van der Waals surface area contributed by atoms with Crippen LogP contribution in [-0.2, 0) is 0 Å². The summed E-state index contributed by atoms with van der Waals surface area (Å²) in [5, 5.41) is 7.51. The van der Waals surface area contributed by atoms with Gasteiger partial charge < -0.3 is 5.32 Å². The highest BCUT2D eigenvalue weighted by Gasteiger charge is 2.12. The summed E-state index contributed by atoms with van der Waals surface area (Å²) in [4.78, 5) is 25.5. The Morgan fingerprint density at radius 3 is 2.22 bits per heavy atom. The second kappa shape index (κ2) is 10.7. The van der Waals surface area contributed by atoms with Gasteiger partial charge in [-0.25, -0.2) is 9.07 Å². The van der Waals surface area contributed by atoms with Gasteiger partial charge in [-0.1, -0.05) is 60.7 Å². The molecule has 0 atom stereocenters. The van der Waals surface area contributed by atoms with Gasteiger partial charge in [0.1, 0.15) is 5.82 Å². The van der Waals surface area contributed by atoms with Crippen molar-refractivity contribution in [2.75, 3.05) is 5.32 Å². The topological polar surface area (TPSA) is 64.0 Å². The summed E-state index contributed by atoms with van der Waals surface area (Å²) in [6.07, 6.45) is 5.14. The number of para-hydroxylation sites is 1. The lowest BCUT2D eigenvalue weighted by Gasteiger charge is -2.06. The van der Waals surface area contributed by atoms with Crippen molar-refractivity contribution in [1.82, 2.24) is 9.78 Å². The van der Waals surface area contributed by atoms with E-state index in [0.717, 1.165) is 22.5 Å². The number of nitrogens with zero attached hydrogens (tertiary/aromatic N) is 2. The fraction of sp³-hybridized carbons (Fsp3) is 0. The molecule has 37 heavy (non-hydrogen) atoms. The number of amides is 1. The molecule has 0 unspecified atom stereocenters. The number of hydrogen-bond acceptors (Lipinski definition) is 3. The van der Waals surface area contributed by atoms with E-state index >= 15 is 0 Å². The van der Waals surface area contributed by atoms with Gasteiger partial charge in [0.2, 0.25) is 0 Å². The van der Waals surface area contributed by atoms with Crippen molar-refractivity contribution in [2.24, 2.45) is 0 Å². The van der Waals surface area contributed by atoms with E-state index in [2.05, 4.69) is 5.32 Å². The molecular weight excluding hydrogens is 465 g/mol. The van der Waals surface area contributed by atoms with Crippen molar-refractivity contribution in [3.8, 4) is 16.9 Å². The normalized spacial score (nSPS) is 10.9. The second-order valence-corrected chi connectivity index (χ2v) is 8.32. The van der Waals surface area contributed by atoms with Gasteiger partial charge in [0.25, 0.3) is 5.91 Å². The van der Waals surface area contributed by atoms with Crippen LogP contribution in [0.1, 0.15) is 26.3 Å². The summed E-state index contributed by atoms with van der Waals surface area (Å²) >= 11 is 0. The molecule has 5 rings (SSSR count). The zero-order chi connectivity index (χ0) is 25.6. The van der Waals surface area contributed by atoms with Gasteiger partial charge in [-0.3, -0.25) is 9.59 Å². The van der Waals surface area contributed by atoms with E-state index in [0.29, 0.717) is 16.8 Å². The van der Waals surface area contributed by atoms with Crippen molar-refractivity contribution in [3.63, 3.8) is 0 Å². The molecule has 0 aliphatic rings. The molecule has 0 saturated heterocycles. The molecule has 1 heterocycles. The molecule has 1 amide bonds. The highest BCUT2D eigenvalue weighted by atomic mass is 19.1. The van der Waals surface area contributed by atoms with Crippen LogP contribution in [0, 0.1) is 5.82 Å². The van der Waals surface area contributed by atoms with Crippen LogP contribution < -0.4 is 5.32 Å². The van der Waals surface area contributed by atoms with Crippen LogP contribution in [-0.4, -0.2) is 21.5 Å². The predicted octanol–water partition coefficient (Wildman–Crippen LogP) is 6.83. The van der Waals surface area contributed by atoms with Crippen LogP contribution >= 0.6 is 0 Å². The van der Waals surface area contributed by atoms with Gasteiger partial charge in [-0.05, 0) is 60.7 Å². The zero-order valence-electron chi connectivity index (χ0n) is 19.7. The fourth-order valence-electron chi connectivity index (χ4n) is 3.86. The molecule has 0 fully saturated rings. The smallest absolute Gasteiger partial charge is 0.255 e. The number of aromatic nitrogens is 2. The summed E-state index contributed by atoms with van der Waals surface area (Å²) in [5.41, 5.74) is 4.62. The first kappa shape index (κ1) is 23.6. The Labute approximate surface area is 213 Å². The summed E-state index contributed by atoms with van der Waals surface area (Å²) in [7, 11) is 0. The Bertz CT molecular complexity index is 1570. The molecule has 0 radical (unpaired) electrons. The lowest BCUT2D eigenvalue weighted by Crippen LogP contribution is -2.12. The van der Waals surface area contributed by atoms with E-state index in [9.17, 15) is 14.0 Å². The molecule has 4 aromatic carbocycles. The molecule has 180 valence electrons. The maximum Gasteiger partial charge on any atom is 0.255 e. The Kier molecular flexibility index (Phi) is 6.81. The maximum absolute atomic E-state index is 13.1. The Morgan fingerprint density at radius 2 is 1.49 bits per heavy atom. The number of carbonyl (C=O) groups is 2. The summed E-state index contributed by atoms with van der Waals surface area (Å²) in [6, 6.07) is 31.5. The highest BCUT2D eigenvalue weighted by molar-refractivity contribution is 6.09. The maximum atomic E-state index is 13.1. The van der Waals surface area contributed by atoms with Crippen LogP contribution in [0.5, 0.6) is 0 Å². The zero-order valence-corrected chi connectivity index (χ0v) is 19.7. The molecule has 5 aromatic rings. The number of hydrogen-bond donors (Lipinski definition) is 1. The predicted molar refractivity (Wildman–Crippen MR) is 143 cm³/mol. The summed E-state index contributed by atoms with van der Waals surface area (Å²) < 4.78 is 14.9. The number of benzene rings is 4. The molecule has 6 heteroatoms. The van der Waals surface area contributed by atoms with Gasteiger partial charge in [0.15, 0.2) is 5.78 Å². The number of nitrogens with one attached hydrogen (secondary N) is 1. The third kappa shape index (κ3) is 5.60. The molecule has 1 aromatic heterocycles. The largest absolute Gasteiger partial charge is 0.322 e. The molecular formula is C31H22FN3O2. The average Bonchev–Trinajstić information content (AvgIpc) is 3.37. The van der Waals surface area contributed by atoms with Crippen molar-refractivity contribution >= 4 is 23.5 Å². The van der Waals surface area contributed by atoms with Crippen LogP contribution in [0.3, 0.4) is 0 Å². The van der Waals surface area contributed by atoms with Crippen LogP contribution in [0.4, 0.5) is 10.1 Å². The quantitative estimate of drug-likeness (QED) is 0.202. The molecule has 0 spiro atoms. The van der Waals surface area contributed by atoms with Gasteiger partial charge in [-0.2, -0.15) is 5.10 Å². The Balaban J connectivity index is 1.39. The van der Waals surface area contributed by atoms with Gasteiger partial charge in [-0.15, -0.1) is 0 Å². The molecule has 5 nitrogen and oxygen atoms in total. The van der Waals surface area contributed by atoms with Crippen molar-refractivity contribution < 1.29 is 14.0 Å². The lowest BCUT2D eigenvalue weighted by atomic mass is 10.1. The number of rotatable bonds is 7. The number of carbonyl (C=O) groups excluding carboxylic acids is 2. The number of halogens is 1.